The first kappa shape index (κ1) is 27.6. The Morgan fingerprint density at radius 1 is 0.882 bits per heavy atom. The molecule has 2 rings (SSSR count). The molecule has 2 aromatic carbocycles. The van der Waals surface area contributed by atoms with Gasteiger partial charge in [0.1, 0.15) is 0 Å². The number of hydrogen-bond acceptors (Lipinski definition) is 4. The number of alkyl halides is 6. The Hall–Kier alpha value is -2.64. The third-order valence-corrected chi connectivity index (χ3v) is 6.92. The molecule has 1 N–H and O–H groups in total. The van der Waals surface area contributed by atoms with E-state index in [0.29, 0.717) is 17.7 Å². The van der Waals surface area contributed by atoms with Crippen LogP contribution in [0.1, 0.15) is 18.1 Å². The van der Waals surface area contributed by atoms with Gasteiger partial charge in [-0.25, -0.2) is 12.7 Å². The molecule has 0 bridgehead atoms. The van der Waals surface area contributed by atoms with Crippen molar-refractivity contribution in [2.75, 3.05) is 25.5 Å². The fourth-order valence-corrected chi connectivity index (χ4v) is 4.04. The third-order valence-electron chi connectivity index (χ3n) is 5.09. The van der Waals surface area contributed by atoms with Crippen LogP contribution in [0.5, 0.6) is 0 Å². The SMILES string of the molecule is CCN(C(=O)Cc1ccc(S(=O)(=O)N(C)C)cc1)c1ccc(C(O)(C(F)(F)F)C(F)(F)F)cc1. The van der Waals surface area contributed by atoms with Crippen LogP contribution in [0.15, 0.2) is 53.4 Å². The Morgan fingerprint density at radius 2 is 1.35 bits per heavy atom. The number of anilines is 1. The third kappa shape index (κ3) is 5.20. The minimum atomic E-state index is -6.01. The lowest BCUT2D eigenvalue weighted by Gasteiger charge is -2.33. The lowest BCUT2D eigenvalue weighted by Crippen LogP contribution is -2.53. The summed E-state index contributed by atoms with van der Waals surface area (Å²) < 4.78 is 104. The number of aliphatic hydroxyl groups is 1. The number of halogens is 6. The molecule has 0 unspecified atom stereocenters. The summed E-state index contributed by atoms with van der Waals surface area (Å²) in [7, 11) is -0.941. The highest BCUT2D eigenvalue weighted by molar-refractivity contribution is 7.89. The molecule has 1 amide bonds. The highest BCUT2D eigenvalue weighted by Gasteiger charge is 2.71. The first-order chi connectivity index (χ1) is 15.5. The number of benzene rings is 2. The molecule has 0 heterocycles. The molecule has 0 aromatic heterocycles. The molecular formula is C21H22F6N2O4S. The lowest BCUT2D eigenvalue weighted by molar-refractivity contribution is -0.376. The van der Waals surface area contributed by atoms with Gasteiger partial charge in [-0.1, -0.05) is 24.3 Å². The molecule has 0 saturated heterocycles. The van der Waals surface area contributed by atoms with Crippen molar-refractivity contribution in [2.45, 2.75) is 36.2 Å². The van der Waals surface area contributed by atoms with Gasteiger partial charge in [0.05, 0.1) is 11.3 Å². The Kier molecular flexibility index (Phi) is 7.75. The molecule has 0 aliphatic heterocycles. The molecule has 0 radical (unpaired) electrons. The van der Waals surface area contributed by atoms with Crippen molar-refractivity contribution in [3.8, 4) is 0 Å². The molecule has 0 atom stereocenters. The molecular weight excluding hydrogens is 490 g/mol. The van der Waals surface area contributed by atoms with Gasteiger partial charge in [0.2, 0.25) is 15.9 Å². The topological polar surface area (TPSA) is 77.9 Å². The van der Waals surface area contributed by atoms with Gasteiger partial charge in [-0.05, 0) is 36.8 Å². The summed E-state index contributed by atoms with van der Waals surface area (Å²) in [5, 5.41) is 9.48. The molecule has 0 saturated carbocycles. The Labute approximate surface area is 192 Å². The second kappa shape index (κ2) is 9.55. The molecule has 0 spiro atoms. The predicted octanol–water partition coefficient (Wildman–Crippen LogP) is 3.84. The van der Waals surface area contributed by atoms with Crippen LogP contribution in [0.3, 0.4) is 0 Å². The highest BCUT2D eigenvalue weighted by atomic mass is 32.2. The van der Waals surface area contributed by atoms with E-state index in [1.165, 1.54) is 38.4 Å². The smallest absolute Gasteiger partial charge is 0.369 e. The van der Waals surface area contributed by atoms with Gasteiger partial charge in [-0.3, -0.25) is 4.79 Å². The van der Waals surface area contributed by atoms with Crippen LogP contribution in [-0.4, -0.2) is 56.7 Å². The Morgan fingerprint density at radius 3 is 1.74 bits per heavy atom. The van der Waals surface area contributed by atoms with E-state index in [9.17, 15) is 44.7 Å². The number of nitrogens with zero attached hydrogens (tertiary/aromatic N) is 2. The van der Waals surface area contributed by atoms with E-state index in [-0.39, 0.29) is 23.5 Å². The second-order valence-corrected chi connectivity index (χ2v) is 9.65. The van der Waals surface area contributed by atoms with Crippen molar-refractivity contribution in [1.29, 1.82) is 0 Å². The first-order valence-corrected chi connectivity index (χ1v) is 11.2. The molecule has 13 heteroatoms. The first-order valence-electron chi connectivity index (χ1n) is 9.75. The molecule has 188 valence electrons. The minimum absolute atomic E-state index is 0.0125. The summed E-state index contributed by atoms with van der Waals surface area (Å²) in [6.45, 7) is 1.61. The highest BCUT2D eigenvalue weighted by Crippen LogP contribution is 2.50. The van der Waals surface area contributed by atoms with Crippen LogP contribution in [-0.2, 0) is 26.8 Å². The average molecular weight is 512 g/mol. The quantitative estimate of drug-likeness (QED) is 0.572. The van der Waals surface area contributed by atoms with Crippen LogP contribution in [0, 0.1) is 0 Å². The van der Waals surface area contributed by atoms with Crippen LogP contribution in [0.4, 0.5) is 32.0 Å². The largest absolute Gasteiger partial charge is 0.430 e. The Balaban J connectivity index is 2.28. The van der Waals surface area contributed by atoms with Crippen molar-refractivity contribution in [1.82, 2.24) is 4.31 Å². The average Bonchev–Trinajstić information content (AvgIpc) is 2.73. The normalized spacial score (nSPS) is 13.3. The maximum atomic E-state index is 13.1. The molecule has 6 nitrogen and oxygen atoms in total. The van der Waals surface area contributed by atoms with E-state index in [4.69, 9.17) is 0 Å². The van der Waals surface area contributed by atoms with Gasteiger partial charge >= 0.3 is 12.4 Å². The summed E-state index contributed by atoms with van der Waals surface area (Å²) >= 11 is 0. The molecule has 0 aliphatic rings. The fourth-order valence-electron chi connectivity index (χ4n) is 3.13. The second-order valence-electron chi connectivity index (χ2n) is 7.50. The van der Waals surface area contributed by atoms with Gasteiger partial charge < -0.3 is 10.0 Å². The van der Waals surface area contributed by atoms with Gasteiger partial charge in [0.25, 0.3) is 5.60 Å². The number of hydrogen-bond donors (Lipinski definition) is 1. The lowest BCUT2D eigenvalue weighted by atomic mass is 9.92. The van der Waals surface area contributed by atoms with Crippen molar-refractivity contribution in [3.05, 3.63) is 59.7 Å². The van der Waals surface area contributed by atoms with E-state index >= 15 is 0 Å². The van der Waals surface area contributed by atoms with E-state index in [1.54, 1.807) is 6.92 Å². The predicted molar refractivity (Wildman–Crippen MR) is 111 cm³/mol. The molecule has 34 heavy (non-hydrogen) atoms. The molecule has 0 aliphatic carbocycles. The standard InChI is InChI=1S/C21H22F6N2O4S/c1-4-29(18(30)13-14-5-11-17(12-6-14)34(32,33)28(2)3)16-9-7-15(8-10-16)19(31,20(22,23)24)21(25,26)27/h5-12,31H,4,13H2,1-3H3. The van der Waals surface area contributed by atoms with Crippen LogP contribution in [0.2, 0.25) is 0 Å². The van der Waals surface area contributed by atoms with E-state index in [0.717, 1.165) is 21.3 Å². The van der Waals surface area contributed by atoms with Crippen molar-refractivity contribution in [3.63, 3.8) is 0 Å². The maximum Gasteiger partial charge on any atom is 0.430 e. The zero-order chi connectivity index (χ0) is 26.1. The van der Waals surface area contributed by atoms with Gasteiger partial charge in [-0.15, -0.1) is 0 Å². The zero-order valence-electron chi connectivity index (χ0n) is 18.3. The number of likely N-dealkylation sites (N-methyl/N-ethyl adjacent to an activating group) is 1. The van der Waals surface area contributed by atoms with Crippen LogP contribution < -0.4 is 4.90 Å². The van der Waals surface area contributed by atoms with Crippen molar-refractivity contribution in [2.24, 2.45) is 0 Å². The van der Waals surface area contributed by atoms with Crippen LogP contribution >= 0.6 is 0 Å². The van der Waals surface area contributed by atoms with E-state index in [2.05, 4.69) is 0 Å². The van der Waals surface area contributed by atoms with Crippen molar-refractivity contribution < 1.29 is 44.7 Å². The Bertz CT molecular complexity index is 1100. The maximum absolute atomic E-state index is 13.1. The van der Waals surface area contributed by atoms with Gasteiger partial charge in [-0.2, -0.15) is 26.3 Å². The van der Waals surface area contributed by atoms with Crippen molar-refractivity contribution >= 4 is 21.6 Å². The number of sulfonamides is 1. The zero-order valence-corrected chi connectivity index (χ0v) is 19.1. The van der Waals surface area contributed by atoms with E-state index in [1.807, 2.05) is 0 Å². The minimum Gasteiger partial charge on any atom is -0.369 e. The van der Waals surface area contributed by atoms with Gasteiger partial charge in [0, 0.05) is 31.9 Å². The summed E-state index contributed by atoms with van der Waals surface area (Å²) in [4.78, 5) is 13.9. The molecule has 0 fully saturated rings. The van der Waals surface area contributed by atoms with Crippen LogP contribution in [0.25, 0.3) is 0 Å². The summed E-state index contributed by atoms with van der Waals surface area (Å²) in [6, 6.07) is 8.18. The number of carbonyl (C=O) groups is 1. The number of carbonyl (C=O) groups excluding carboxylic acids is 1. The summed E-state index contributed by atoms with van der Waals surface area (Å²) in [5.41, 5.74) is -6.03. The van der Waals surface area contributed by atoms with Gasteiger partial charge in [0.15, 0.2) is 0 Å². The van der Waals surface area contributed by atoms with E-state index < -0.39 is 39.4 Å². The number of amides is 1. The summed E-state index contributed by atoms with van der Waals surface area (Å²) in [5.74, 6) is -0.527. The monoisotopic (exact) mass is 512 g/mol. The fraction of sp³-hybridized carbons (Fsp3) is 0.381. The molecule has 2 aromatic rings. The summed E-state index contributed by atoms with van der Waals surface area (Å²) in [6.07, 6.45) is -12.2. The number of rotatable bonds is 7.